The Kier molecular flexibility index (Phi) is 5.59. The van der Waals surface area contributed by atoms with Crippen LogP contribution in [0.25, 0.3) is 0 Å². The third-order valence-electron chi connectivity index (χ3n) is 1.74. The summed E-state index contributed by atoms with van der Waals surface area (Å²) in [7, 11) is 0. The van der Waals surface area contributed by atoms with Gasteiger partial charge in [0, 0.05) is 21.0 Å². The van der Waals surface area contributed by atoms with Crippen molar-refractivity contribution in [3.8, 4) is 5.75 Å². The van der Waals surface area contributed by atoms with Crippen LogP contribution in [0, 0.1) is 0 Å². The molecule has 0 N–H and O–H groups in total. The molecule has 1 rings (SSSR count). The smallest absolute Gasteiger partial charge is 0.387 e. The number of hydrogen-bond acceptors (Lipinski definition) is 3. The van der Waals surface area contributed by atoms with E-state index in [0.29, 0.717) is 10.0 Å². The zero-order chi connectivity index (χ0) is 13.8. The lowest BCUT2D eigenvalue weighted by atomic mass is 10.2. The molecular weight excluding hydrogens is 324 g/mol. The van der Waals surface area contributed by atoms with Crippen molar-refractivity contribution in [2.75, 3.05) is 0 Å². The van der Waals surface area contributed by atoms with Crippen LogP contribution in [-0.4, -0.2) is 17.6 Å². The van der Waals surface area contributed by atoms with Crippen LogP contribution in [0.3, 0.4) is 0 Å². The molecule has 0 aromatic heterocycles. The van der Waals surface area contributed by atoms with Crippen LogP contribution in [0.5, 0.6) is 5.75 Å². The average Bonchev–Trinajstić information content (AvgIpc) is 2.19. The Labute approximate surface area is 118 Å². The average molecular weight is 338 g/mol. The van der Waals surface area contributed by atoms with Gasteiger partial charge in [0.2, 0.25) is 0 Å². The van der Waals surface area contributed by atoms with Crippen LogP contribution >= 0.6 is 27.9 Å². The van der Waals surface area contributed by atoms with Crippen LogP contribution in [0.15, 0.2) is 27.1 Å². The number of alkyl halides is 2. The summed E-state index contributed by atoms with van der Waals surface area (Å²) in [4.78, 5) is 0. The molecule has 0 heterocycles. The predicted octanol–water partition coefficient (Wildman–Crippen LogP) is 4.92. The van der Waals surface area contributed by atoms with E-state index >= 15 is 0 Å². The summed E-state index contributed by atoms with van der Waals surface area (Å²) in [5.74, 6) is 0.109. The molecule has 0 saturated heterocycles. The normalized spacial score (nSPS) is 12.4. The van der Waals surface area contributed by atoms with E-state index in [4.69, 9.17) is 0 Å². The Bertz CT molecular complexity index is 433. The quantitative estimate of drug-likeness (QED) is 0.574. The van der Waals surface area contributed by atoms with E-state index in [2.05, 4.69) is 25.1 Å². The molecule has 18 heavy (non-hydrogen) atoms. The molecule has 1 aromatic carbocycles. The maximum Gasteiger partial charge on any atom is 0.387 e. The lowest BCUT2D eigenvalue weighted by Crippen LogP contribution is -2.06. The summed E-state index contributed by atoms with van der Waals surface area (Å²) in [5.41, 5.74) is 0.509. The summed E-state index contributed by atoms with van der Waals surface area (Å²) in [6.45, 7) is 3.21. The van der Waals surface area contributed by atoms with Gasteiger partial charge in [0.1, 0.15) is 5.75 Å². The molecule has 0 radical (unpaired) electrons. The van der Waals surface area contributed by atoms with Crippen molar-refractivity contribution in [3.05, 3.63) is 28.2 Å². The molecule has 0 unspecified atom stereocenters. The first-order valence-electron chi connectivity index (χ1n) is 5.24. The fourth-order valence-electron chi connectivity index (χ4n) is 1.08. The highest BCUT2D eigenvalue weighted by atomic mass is 79.9. The van der Waals surface area contributed by atoms with Gasteiger partial charge in [0.15, 0.2) is 0 Å². The van der Waals surface area contributed by atoms with Crippen molar-refractivity contribution in [2.45, 2.75) is 32.1 Å². The SMILES string of the molecule is CC(C)(C)S/N=C/c1c(Br)cccc1OC(F)F. The molecular formula is C12H14BrF2NOS. The monoisotopic (exact) mass is 337 g/mol. The van der Waals surface area contributed by atoms with E-state index in [1.807, 2.05) is 20.8 Å². The van der Waals surface area contributed by atoms with Gasteiger partial charge < -0.3 is 4.74 Å². The molecule has 100 valence electrons. The van der Waals surface area contributed by atoms with E-state index in [9.17, 15) is 8.78 Å². The number of nitrogens with zero attached hydrogens (tertiary/aromatic N) is 1. The van der Waals surface area contributed by atoms with Gasteiger partial charge in [-0.2, -0.15) is 8.78 Å². The highest BCUT2D eigenvalue weighted by Gasteiger charge is 2.12. The minimum Gasteiger partial charge on any atom is -0.434 e. The van der Waals surface area contributed by atoms with Crippen LogP contribution in [0.2, 0.25) is 0 Å². The topological polar surface area (TPSA) is 21.6 Å². The van der Waals surface area contributed by atoms with E-state index in [0.717, 1.165) is 0 Å². The molecule has 1 aromatic rings. The summed E-state index contributed by atoms with van der Waals surface area (Å²) in [6, 6.07) is 4.87. The van der Waals surface area contributed by atoms with Crippen molar-refractivity contribution in [1.29, 1.82) is 0 Å². The number of rotatable bonds is 4. The molecule has 0 aliphatic carbocycles. The summed E-state index contributed by atoms with van der Waals surface area (Å²) >= 11 is 4.66. The summed E-state index contributed by atoms with van der Waals surface area (Å²) < 4.78 is 33.8. The highest BCUT2D eigenvalue weighted by Crippen LogP contribution is 2.29. The third-order valence-corrected chi connectivity index (χ3v) is 3.19. The van der Waals surface area contributed by atoms with Crippen molar-refractivity contribution in [3.63, 3.8) is 0 Å². The van der Waals surface area contributed by atoms with Gasteiger partial charge in [0.25, 0.3) is 0 Å². The predicted molar refractivity (Wildman–Crippen MR) is 75.7 cm³/mol. The molecule has 0 saturated carbocycles. The number of hydrogen-bond donors (Lipinski definition) is 0. The molecule has 0 bridgehead atoms. The fourth-order valence-corrected chi connectivity index (χ4v) is 2.00. The largest absolute Gasteiger partial charge is 0.434 e. The first kappa shape index (κ1) is 15.4. The summed E-state index contributed by atoms with van der Waals surface area (Å²) in [5, 5.41) is 0. The van der Waals surface area contributed by atoms with Gasteiger partial charge in [-0.3, -0.25) is 0 Å². The standard InChI is InChI=1S/C12H14BrF2NOS/c1-12(2,3)18-16-7-8-9(13)5-4-6-10(8)17-11(14)15/h4-7,11H,1-3H3/b16-7+. The lowest BCUT2D eigenvalue weighted by Gasteiger charge is -2.13. The fraction of sp³-hybridized carbons (Fsp3) is 0.417. The second-order valence-electron chi connectivity index (χ2n) is 4.47. The third kappa shape index (κ3) is 5.35. The number of halogens is 3. The van der Waals surface area contributed by atoms with Crippen molar-refractivity contribution in [1.82, 2.24) is 0 Å². The van der Waals surface area contributed by atoms with E-state index in [1.54, 1.807) is 12.1 Å². The highest BCUT2D eigenvalue weighted by molar-refractivity contribution is 9.10. The van der Waals surface area contributed by atoms with Gasteiger partial charge in [-0.1, -0.05) is 6.07 Å². The number of benzene rings is 1. The zero-order valence-corrected chi connectivity index (χ0v) is 12.7. The Morgan fingerprint density at radius 3 is 2.61 bits per heavy atom. The van der Waals surface area contributed by atoms with E-state index in [1.165, 1.54) is 24.2 Å². The minimum absolute atomic E-state index is 0.0263. The van der Waals surface area contributed by atoms with E-state index < -0.39 is 6.61 Å². The second kappa shape index (κ2) is 6.52. The summed E-state index contributed by atoms with van der Waals surface area (Å²) in [6.07, 6.45) is 1.53. The molecule has 0 amide bonds. The van der Waals surface area contributed by atoms with Crippen LogP contribution in [0.1, 0.15) is 26.3 Å². The molecule has 0 spiro atoms. The van der Waals surface area contributed by atoms with Crippen LogP contribution in [0.4, 0.5) is 8.78 Å². The zero-order valence-electron chi connectivity index (χ0n) is 10.3. The van der Waals surface area contributed by atoms with Crippen LogP contribution in [-0.2, 0) is 0 Å². The maximum absolute atomic E-state index is 12.3. The van der Waals surface area contributed by atoms with Gasteiger partial charge in [-0.15, -0.1) is 0 Å². The maximum atomic E-state index is 12.3. The number of ether oxygens (including phenoxy) is 1. The lowest BCUT2D eigenvalue weighted by molar-refractivity contribution is -0.0499. The van der Waals surface area contributed by atoms with Crippen molar-refractivity contribution < 1.29 is 13.5 Å². The Morgan fingerprint density at radius 1 is 1.39 bits per heavy atom. The molecule has 0 aliphatic rings. The molecule has 6 heteroatoms. The van der Waals surface area contributed by atoms with Gasteiger partial charge in [-0.05, 0) is 60.8 Å². The van der Waals surface area contributed by atoms with Gasteiger partial charge in [0.05, 0.1) is 0 Å². The van der Waals surface area contributed by atoms with Gasteiger partial charge in [-0.25, -0.2) is 4.40 Å². The second-order valence-corrected chi connectivity index (χ2v) is 6.94. The first-order valence-corrected chi connectivity index (χ1v) is 6.81. The molecule has 0 fully saturated rings. The minimum atomic E-state index is -2.85. The van der Waals surface area contributed by atoms with Crippen molar-refractivity contribution in [2.24, 2.45) is 4.40 Å². The van der Waals surface area contributed by atoms with Crippen LogP contribution < -0.4 is 4.74 Å². The molecule has 0 atom stereocenters. The molecule has 2 nitrogen and oxygen atoms in total. The van der Waals surface area contributed by atoms with Crippen molar-refractivity contribution >= 4 is 34.1 Å². The Morgan fingerprint density at radius 2 is 2.06 bits per heavy atom. The van der Waals surface area contributed by atoms with Gasteiger partial charge >= 0.3 is 6.61 Å². The first-order chi connectivity index (χ1) is 8.29. The van der Waals surface area contributed by atoms with E-state index in [-0.39, 0.29) is 10.5 Å². The molecule has 0 aliphatic heterocycles. The Balaban J connectivity index is 2.92. The Hall–Kier alpha value is -0.620.